The van der Waals surface area contributed by atoms with Crippen molar-refractivity contribution in [2.24, 2.45) is 0 Å². The van der Waals surface area contributed by atoms with Gasteiger partial charge >= 0.3 is 0 Å². The average Bonchev–Trinajstić information content (AvgIpc) is 3.41. The number of sulfonamides is 1. The highest BCUT2D eigenvalue weighted by atomic mass is 32.2. The molecule has 0 atom stereocenters. The molecule has 2 aromatic carbocycles. The molecule has 3 rings (SSSR count). The van der Waals surface area contributed by atoms with Gasteiger partial charge in [0.2, 0.25) is 10.0 Å². The number of methoxy groups -OCH3 is 1. The minimum atomic E-state index is -3.49. The zero-order valence-corrected chi connectivity index (χ0v) is 15.8. The Kier molecular flexibility index (Phi) is 4.89. The van der Waals surface area contributed by atoms with E-state index < -0.39 is 10.0 Å². The maximum atomic E-state index is 12.6. The van der Waals surface area contributed by atoms with Crippen molar-refractivity contribution in [3.8, 4) is 5.75 Å². The number of hydrogen-bond acceptors (Lipinski definition) is 3. The van der Waals surface area contributed by atoms with Crippen LogP contribution >= 0.6 is 0 Å². The second-order valence-corrected chi connectivity index (χ2v) is 8.82. The standard InChI is InChI=1S/C20H25NO3S/c1-15(2)16-4-10-19(11-5-16)25(22,23)21-14-20(12-13-20)17-6-8-18(24-3)9-7-17/h4-11,15,21H,12-14H2,1-3H3. The number of benzene rings is 2. The lowest BCUT2D eigenvalue weighted by Gasteiger charge is -2.17. The van der Waals surface area contributed by atoms with Crippen LogP contribution < -0.4 is 9.46 Å². The topological polar surface area (TPSA) is 55.4 Å². The third-order valence-electron chi connectivity index (χ3n) is 5.01. The SMILES string of the molecule is COc1ccc(C2(CNS(=O)(=O)c3ccc(C(C)C)cc3)CC2)cc1. The van der Waals surface area contributed by atoms with Crippen LogP contribution in [-0.2, 0) is 15.4 Å². The minimum Gasteiger partial charge on any atom is -0.497 e. The zero-order chi connectivity index (χ0) is 18.1. The fourth-order valence-corrected chi connectivity index (χ4v) is 4.14. The Bertz CT molecular complexity index is 820. The number of hydrogen-bond donors (Lipinski definition) is 1. The summed E-state index contributed by atoms with van der Waals surface area (Å²) < 4.78 is 33.2. The Balaban J connectivity index is 1.71. The second-order valence-electron chi connectivity index (χ2n) is 7.06. The summed E-state index contributed by atoms with van der Waals surface area (Å²) in [7, 11) is -1.85. The first-order valence-corrected chi connectivity index (χ1v) is 10.1. The van der Waals surface area contributed by atoms with E-state index in [1.165, 1.54) is 0 Å². The van der Waals surface area contributed by atoms with Gasteiger partial charge in [-0.2, -0.15) is 0 Å². The normalized spacial score (nSPS) is 16.0. The van der Waals surface area contributed by atoms with Gasteiger partial charge in [-0.25, -0.2) is 13.1 Å². The molecule has 0 saturated heterocycles. The summed E-state index contributed by atoms with van der Waals surface area (Å²) >= 11 is 0. The highest BCUT2D eigenvalue weighted by Crippen LogP contribution is 2.48. The molecule has 0 spiro atoms. The van der Waals surface area contributed by atoms with Gasteiger partial charge in [-0.05, 0) is 54.2 Å². The lowest BCUT2D eigenvalue weighted by Crippen LogP contribution is -2.32. The first-order chi connectivity index (χ1) is 11.9. The molecule has 0 aliphatic heterocycles. The molecule has 0 bridgehead atoms. The molecule has 0 amide bonds. The fourth-order valence-electron chi connectivity index (χ4n) is 3.01. The van der Waals surface area contributed by atoms with Crippen molar-refractivity contribution in [2.45, 2.75) is 42.9 Å². The number of ether oxygens (including phenoxy) is 1. The van der Waals surface area contributed by atoms with Crippen LogP contribution in [0.4, 0.5) is 0 Å². The van der Waals surface area contributed by atoms with Crippen LogP contribution in [0.1, 0.15) is 43.7 Å². The smallest absolute Gasteiger partial charge is 0.240 e. The fraction of sp³-hybridized carbons (Fsp3) is 0.400. The largest absolute Gasteiger partial charge is 0.497 e. The van der Waals surface area contributed by atoms with Crippen LogP contribution in [0.2, 0.25) is 0 Å². The maximum Gasteiger partial charge on any atom is 0.240 e. The molecule has 1 fully saturated rings. The van der Waals surface area contributed by atoms with Gasteiger partial charge in [0.25, 0.3) is 0 Å². The monoisotopic (exact) mass is 359 g/mol. The van der Waals surface area contributed by atoms with E-state index in [4.69, 9.17) is 4.74 Å². The first-order valence-electron chi connectivity index (χ1n) is 8.60. The molecule has 0 aromatic heterocycles. The molecule has 5 heteroatoms. The van der Waals surface area contributed by atoms with Crippen molar-refractivity contribution < 1.29 is 13.2 Å². The highest BCUT2D eigenvalue weighted by molar-refractivity contribution is 7.89. The van der Waals surface area contributed by atoms with Gasteiger partial charge in [0.05, 0.1) is 12.0 Å². The van der Waals surface area contributed by atoms with Crippen molar-refractivity contribution in [2.75, 3.05) is 13.7 Å². The van der Waals surface area contributed by atoms with Crippen molar-refractivity contribution >= 4 is 10.0 Å². The van der Waals surface area contributed by atoms with Crippen LogP contribution in [0.3, 0.4) is 0 Å². The number of rotatable bonds is 7. The Morgan fingerprint density at radius 1 is 1.04 bits per heavy atom. The number of nitrogens with one attached hydrogen (secondary N) is 1. The summed E-state index contributed by atoms with van der Waals surface area (Å²) in [4.78, 5) is 0.322. The second kappa shape index (κ2) is 6.81. The van der Waals surface area contributed by atoms with Gasteiger partial charge in [-0.1, -0.05) is 38.1 Å². The molecule has 25 heavy (non-hydrogen) atoms. The summed E-state index contributed by atoms with van der Waals surface area (Å²) in [5, 5.41) is 0. The Morgan fingerprint density at radius 2 is 1.64 bits per heavy atom. The maximum absolute atomic E-state index is 12.6. The zero-order valence-electron chi connectivity index (χ0n) is 15.0. The van der Waals surface area contributed by atoms with Gasteiger partial charge in [0.1, 0.15) is 5.75 Å². The van der Waals surface area contributed by atoms with Gasteiger partial charge in [0.15, 0.2) is 0 Å². The van der Waals surface area contributed by atoms with E-state index >= 15 is 0 Å². The third-order valence-corrected chi connectivity index (χ3v) is 6.43. The van der Waals surface area contributed by atoms with E-state index in [2.05, 4.69) is 18.6 Å². The quantitative estimate of drug-likeness (QED) is 0.817. The predicted molar refractivity (Wildman–Crippen MR) is 99.6 cm³/mol. The summed E-state index contributed by atoms with van der Waals surface area (Å²) in [6.07, 6.45) is 1.99. The molecule has 1 N–H and O–H groups in total. The van der Waals surface area contributed by atoms with E-state index in [9.17, 15) is 8.42 Å². The molecule has 0 heterocycles. The van der Waals surface area contributed by atoms with Crippen LogP contribution in [-0.4, -0.2) is 22.1 Å². The van der Waals surface area contributed by atoms with Crippen molar-refractivity contribution in [1.29, 1.82) is 0 Å². The molecule has 1 aliphatic rings. The van der Waals surface area contributed by atoms with E-state index in [-0.39, 0.29) is 5.41 Å². The van der Waals surface area contributed by atoms with E-state index in [1.807, 2.05) is 36.4 Å². The highest BCUT2D eigenvalue weighted by Gasteiger charge is 2.44. The Labute approximate surface area is 150 Å². The van der Waals surface area contributed by atoms with Crippen LogP contribution in [0.25, 0.3) is 0 Å². The minimum absolute atomic E-state index is 0.0861. The van der Waals surface area contributed by atoms with Gasteiger partial charge in [-0.3, -0.25) is 0 Å². The first kappa shape index (κ1) is 18.0. The average molecular weight is 359 g/mol. The Hall–Kier alpha value is -1.85. The molecule has 0 radical (unpaired) electrons. The van der Waals surface area contributed by atoms with Crippen LogP contribution in [0, 0.1) is 0 Å². The molecule has 1 saturated carbocycles. The third kappa shape index (κ3) is 3.88. The van der Waals surface area contributed by atoms with Gasteiger partial charge < -0.3 is 4.74 Å². The Morgan fingerprint density at radius 3 is 2.12 bits per heavy atom. The summed E-state index contributed by atoms with van der Waals surface area (Å²) in [6, 6.07) is 15.0. The molecule has 1 aliphatic carbocycles. The van der Waals surface area contributed by atoms with Crippen molar-refractivity contribution in [3.63, 3.8) is 0 Å². The molecular formula is C20H25NO3S. The van der Waals surface area contributed by atoms with Crippen LogP contribution in [0.15, 0.2) is 53.4 Å². The van der Waals surface area contributed by atoms with Gasteiger partial charge in [-0.15, -0.1) is 0 Å². The molecular weight excluding hydrogens is 334 g/mol. The lowest BCUT2D eigenvalue weighted by molar-refractivity contribution is 0.414. The summed E-state index contributed by atoms with van der Waals surface area (Å²) in [5.41, 5.74) is 2.21. The summed E-state index contributed by atoms with van der Waals surface area (Å²) in [5.74, 6) is 1.19. The lowest BCUT2D eigenvalue weighted by atomic mass is 9.96. The van der Waals surface area contributed by atoms with Gasteiger partial charge in [0, 0.05) is 12.0 Å². The predicted octanol–water partition coefficient (Wildman–Crippen LogP) is 3.83. The van der Waals surface area contributed by atoms with Crippen molar-refractivity contribution in [3.05, 3.63) is 59.7 Å². The van der Waals surface area contributed by atoms with E-state index in [0.29, 0.717) is 17.4 Å². The molecule has 2 aromatic rings. The summed E-state index contributed by atoms with van der Waals surface area (Å²) in [6.45, 7) is 4.61. The molecule has 0 unspecified atom stereocenters. The van der Waals surface area contributed by atoms with E-state index in [0.717, 1.165) is 29.7 Å². The van der Waals surface area contributed by atoms with Crippen molar-refractivity contribution in [1.82, 2.24) is 4.72 Å². The van der Waals surface area contributed by atoms with E-state index in [1.54, 1.807) is 19.2 Å². The molecule has 4 nitrogen and oxygen atoms in total. The van der Waals surface area contributed by atoms with Crippen LogP contribution in [0.5, 0.6) is 5.75 Å². The molecule has 134 valence electrons.